The van der Waals surface area contributed by atoms with E-state index in [-0.39, 0.29) is 30.0 Å². The van der Waals surface area contributed by atoms with Crippen LogP contribution in [0.3, 0.4) is 0 Å². The second kappa shape index (κ2) is 11.5. The number of fused-ring (bicyclic) bond motifs is 1. The van der Waals surface area contributed by atoms with Crippen molar-refractivity contribution in [1.29, 1.82) is 0 Å². The fraction of sp³-hybridized carbons (Fsp3) is 0.542. The molecule has 7 heteroatoms. The Bertz CT molecular complexity index is 861. The molecule has 31 heavy (non-hydrogen) atoms. The van der Waals surface area contributed by atoms with Crippen LogP contribution in [0, 0.1) is 0 Å². The van der Waals surface area contributed by atoms with Crippen molar-refractivity contribution in [2.75, 3.05) is 38.1 Å². The van der Waals surface area contributed by atoms with Gasteiger partial charge < -0.3 is 15.5 Å². The van der Waals surface area contributed by atoms with Crippen molar-refractivity contribution in [1.82, 2.24) is 15.5 Å². The van der Waals surface area contributed by atoms with Crippen molar-refractivity contribution in [3.05, 3.63) is 51.7 Å². The Hall–Kier alpha value is -1.32. The smallest absolute Gasteiger partial charge is 0.191 e. The molecule has 1 aromatic carbocycles. The maximum absolute atomic E-state index is 4.47. The van der Waals surface area contributed by atoms with Gasteiger partial charge in [-0.25, -0.2) is 0 Å². The van der Waals surface area contributed by atoms with Gasteiger partial charge in [0, 0.05) is 56.4 Å². The largest absolute Gasteiger partial charge is 0.372 e. The van der Waals surface area contributed by atoms with Crippen molar-refractivity contribution >= 4 is 47.0 Å². The van der Waals surface area contributed by atoms with Gasteiger partial charge in [0.2, 0.25) is 0 Å². The third-order valence-electron chi connectivity index (χ3n) is 6.44. The van der Waals surface area contributed by atoms with Crippen molar-refractivity contribution in [3.63, 3.8) is 0 Å². The van der Waals surface area contributed by atoms with Crippen LogP contribution >= 0.6 is 35.3 Å². The number of nitrogens with one attached hydrogen (secondary N) is 2. The lowest BCUT2D eigenvalue weighted by molar-refractivity contribution is 0.192. The monoisotopic (exact) mass is 553 g/mol. The number of aliphatic imine (C=N–C) groups is 1. The molecule has 1 aromatic heterocycles. The number of hydrogen-bond acceptors (Lipinski definition) is 4. The van der Waals surface area contributed by atoms with Gasteiger partial charge in [0.25, 0.3) is 0 Å². The number of hydrogen-bond donors (Lipinski definition) is 2. The van der Waals surface area contributed by atoms with Crippen LogP contribution < -0.4 is 15.5 Å². The first kappa shape index (κ1) is 24.3. The number of anilines is 1. The molecule has 2 aliphatic heterocycles. The predicted octanol–water partition coefficient (Wildman–Crippen LogP) is 4.64. The molecule has 1 fully saturated rings. The molecule has 4 rings (SSSR count). The molecular weight excluding hydrogens is 517 g/mol. The van der Waals surface area contributed by atoms with Crippen LogP contribution in [0.1, 0.15) is 48.7 Å². The van der Waals surface area contributed by atoms with E-state index in [1.165, 1.54) is 49.2 Å². The summed E-state index contributed by atoms with van der Waals surface area (Å²) in [5.74, 6) is 0.870. The summed E-state index contributed by atoms with van der Waals surface area (Å²) in [6, 6.07) is 11.9. The van der Waals surface area contributed by atoms with E-state index < -0.39 is 0 Å². The first-order valence-electron chi connectivity index (χ1n) is 11.3. The topological polar surface area (TPSA) is 42.9 Å². The van der Waals surface area contributed by atoms with Gasteiger partial charge in [0.15, 0.2) is 5.96 Å². The SMILES string of the molecule is CN=C(NCC(C)N1CCc2sccc2C1)NC(C)c1cccc(N2CCCC2)c1.I. The lowest BCUT2D eigenvalue weighted by atomic mass is 10.1. The molecule has 3 heterocycles. The first-order chi connectivity index (χ1) is 14.6. The lowest BCUT2D eigenvalue weighted by Crippen LogP contribution is -2.47. The van der Waals surface area contributed by atoms with Crippen LogP contribution in [0.15, 0.2) is 40.7 Å². The molecule has 2 unspecified atom stereocenters. The van der Waals surface area contributed by atoms with E-state index in [4.69, 9.17) is 0 Å². The van der Waals surface area contributed by atoms with Crippen LogP contribution in [0.4, 0.5) is 5.69 Å². The minimum absolute atomic E-state index is 0. The summed E-state index contributed by atoms with van der Waals surface area (Å²) in [4.78, 5) is 11.1. The highest BCUT2D eigenvalue weighted by Crippen LogP contribution is 2.25. The van der Waals surface area contributed by atoms with Gasteiger partial charge in [-0.05, 0) is 67.8 Å². The van der Waals surface area contributed by atoms with Gasteiger partial charge in [-0.3, -0.25) is 9.89 Å². The molecule has 1 saturated heterocycles. The summed E-state index contributed by atoms with van der Waals surface area (Å²) in [5, 5.41) is 9.34. The third kappa shape index (κ3) is 6.14. The summed E-state index contributed by atoms with van der Waals surface area (Å²) in [6.45, 7) is 9.96. The second-order valence-corrected chi connectivity index (χ2v) is 9.55. The van der Waals surface area contributed by atoms with Crippen molar-refractivity contribution in [2.45, 2.75) is 51.7 Å². The van der Waals surface area contributed by atoms with Gasteiger partial charge in [-0.15, -0.1) is 35.3 Å². The molecule has 0 aliphatic carbocycles. The minimum Gasteiger partial charge on any atom is -0.372 e. The highest BCUT2D eigenvalue weighted by atomic mass is 127. The molecule has 0 radical (unpaired) electrons. The van der Waals surface area contributed by atoms with Crippen LogP contribution in [-0.2, 0) is 13.0 Å². The van der Waals surface area contributed by atoms with E-state index in [2.05, 4.69) is 75.0 Å². The highest BCUT2D eigenvalue weighted by molar-refractivity contribution is 14.0. The van der Waals surface area contributed by atoms with Gasteiger partial charge >= 0.3 is 0 Å². The zero-order valence-electron chi connectivity index (χ0n) is 18.9. The summed E-state index contributed by atoms with van der Waals surface area (Å²) in [5.41, 5.74) is 4.15. The van der Waals surface area contributed by atoms with E-state index in [0.29, 0.717) is 6.04 Å². The minimum atomic E-state index is 0. The molecule has 0 amide bonds. The molecule has 0 spiro atoms. The molecular formula is C24H36IN5S. The highest BCUT2D eigenvalue weighted by Gasteiger charge is 2.22. The van der Waals surface area contributed by atoms with E-state index in [1.54, 1.807) is 4.88 Å². The fourth-order valence-electron chi connectivity index (χ4n) is 4.47. The number of guanidine groups is 1. The summed E-state index contributed by atoms with van der Waals surface area (Å²) >= 11 is 1.90. The zero-order chi connectivity index (χ0) is 20.9. The molecule has 0 bridgehead atoms. The van der Waals surface area contributed by atoms with Gasteiger partial charge in [-0.1, -0.05) is 12.1 Å². The summed E-state index contributed by atoms with van der Waals surface area (Å²) in [6.07, 6.45) is 3.78. The normalized spacial score (nSPS) is 18.8. The summed E-state index contributed by atoms with van der Waals surface area (Å²) < 4.78 is 0. The third-order valence-corrected chi connectivity index (χ3v) is 7.47. The Morgan fingerprint density at radius 2 is 1.97 bits per heavy atom. The van der Waals surface area contributed by atoms with Gasteiger partial charge in [-0.2, -0.15) is 0 Å². The average molecular weight is 554 g/mol. The van der Waals surface area contributed by atoms with E-state index >= 15 is 0 Å². The molecule has 2 aromatic rings. The number of benzene rings is 1. The quantitative estimate of drug-likeness (QED) is 0.311. The van der Waals surface area contributed by atoms with Gasteiger partial charge in [0.05, 0.1) is 6.04 Å². The van der Waals surface area contributed by atoms with Crippen molar-refractivity contribution < 1.29 is 0 Å². The average Bonchev–Trinajstić information content (AvgIpc) is 3.48. The Labute approximate surface area is 208 Å². The Morgan fingerprint density at radius 1 is 1.16 bits per heavy atom. The molecule has 170 valence electrons. The Morgan fingerprint density at radius 3 is 2.74 bits per heavy atom. The van der Waals surface area contributed by atoms with Crippen molar-refractivity contribution in [3.8, 4) is 0 Å². The Balaban J connectivity index is 0.00000272. The summed E-state index contributed by atoms with van der Waals surface area (Å²) in [7, 11) is 1.85. The number of rotatable bonds is 6. The maximum atomic E-state index is 4.47. The molecule has 2 N–H and O–H groups in total. The van der Waals surface area contributed by atoms with Crippen LogP contribution in [0.25, 0.3) is 0 Å². The van der Waals surface area contributed by atoms with Crippen LogP contribution in [0.5, 0.6) is 0 Å². The van der Waals surface area contributed by atoms with Crippen LogP contribution in [-0.4, -0.2) is 50.1 Å². The van der Waals surface area contributed by atoms with E-state index in [9.17, 15) is 0 Å². The molecule has 2 aliphatic rings. The van der Waals surface area contributed by atoms with E-state index in [0.717, 1.165) is 25.6 Å². The molecule has 5 nitrogen and oxygen atoms in total. The number of thiophene rings is 1. The maximum Gasteiger partial charge on any atom is 0.191 e. The number of nitrogens with zero attached hydrogens (tertiary/aromatic N) is 3. The van der Waals surface area contributed by atoms with Crippen LogP contribution in [0.2, 0.25) is 0 Å². The van der Waals surface area contributed by atoms with Crippen molar-refractivity contribution in [2.24, 2.45) is 4.99 Å². The first-order valence-corrected chi connectivity index (χ1v) is 12.1. The fourth-order valence-corrected chi connectivity index (χ4v) is 5.36. The van der Waals surface area contributed by atoms with Gasteiger partial charge in [0.1, 0.15) is 0 Å². The molecule has 0 saturated carbocycles. The Kier molecular flexibility index (Phi) is 9.04. The zero-order valence-corrected chi connectivity index (χ0v) is 22.1. The van der Waals surface area contributed by atoms with E-state index in [1.807, 2.05) is 18.4 Å². The second-order valence-electron chi connectivity index (χ2n) is 8.55. The lowest BCUT2D eigenvalue weighted by Gasteiger charge is -2.33. The standard InChI is InChI=1S/C24H35N5S.HI/c1-18(29-13-9-23-21(17-29)10-14-30-23)16-26-24(25-3)27-19(2)20-7-6-8-22(15-20)28-11-4-5-12-28;/h6-8,10,14-15,18-19H,4-5,9,11-13,16-17H2,1-3H3,(H2,25,26,27);1H. The predicted molar refractivity (Wildman–Crippen MR) is 144 cm³/mol. The molecule has 2 atom stereocenters. The number of halogens is 1.